The molecule has 1 amide bonds. The Morgan fingerprint density at radius 1 is 1.06 bits per heavy atom. The Bertz CT molecular complexity index is 1220. The largest absolute Gasteiger partial charge is 0.490 e. The maximum atomic E-state index is 13.2. The summed E-state index contributed by atoms with van der Waals surface area (Å²) < 4.78 is 25.9. The first-order chi connectivity index (χ1) is 16.9. The highest BCUT2D eigenvalue weighted by molar-refractivity contribution is 14.1. The summed E-state index contributed by atoms with van der Waals surface area (Å²) in [6.07, 6.45) is 2.84. The fraction of sp³-hybridized carbons (Fsp3) is 0.222. The molecular weight excluding hydrogens is 578 g/mol. The van der Waals surface area contributed by atoms with Crippen molar-refractivity contribution >= 4 is 52.0 Å². The first kappa shape index (κ1) is 25.4. The van der Waals surface area contributed by atoms with Crippen molar-refractivity contribution < 1.29 is 18.7 Å². The lowest BCUT2D eigenvalue weighted by atomic mass is 10.1. The standard InChI is InChI=1S/C27H26FIN2O3S/c1-3-17-7-11-21(12-8-17)30-27-31-26(32)24(35-27)15-19-13-22(29)25(23(14-19)33-4-2)34-16-18-5-9-20(28)10-6-18/h5-15,27,30H,3-4,16H2,1-2H3,(H,31,32)/b24-15-/t27-/m1/s1. The second-order valence-electron chi connectivity index (χ2n) is 7.85. The Labute approximate surface area is 222 Å². The summed E-state index contributed by atoms with van der Waals surface area (Å²) in [5.41, 5.74) is 3.68. The van der Waals surface area contributed by atoms with Crippen LogP contribution >= 0.6 is 34.4 Å². The lowest BCUT2D eigenvalue weighted by Crippen LogP contribution is -2.30. The van der Waals surface area contributed by atoms with Gasteiger partial charge in [0.25, 0.3) is 5.91 Å². The van der Waals surface area contributed by atoms with Gasteiger partial charge in [-0.15, -0.1) is 0 Å². The smallest absolute Gasteiger partial charge is 0.260 e. The van der Waals surface area contributed by atoms with E-state index in [1.807, 2.05) is 37.3 Å². The molecule has 0 unspecified atom stereocenters. The number of aryl methyl sites for hydroxylation is 1. The van der Waals surface area contributed by atoms with E-state index < -0.39 is 0 Å². The van der Waals surface area contributed by atoms with E-state index >= 15 is 0 Å². The summed E-state index contributed by atoms with van der Waals surface area (Å²) in [4.78, 5) is 13.2. The zero-order chi connectivity index (χ0) is 24.8. The fourth-order valence-electron chi connectivity index (χ4n) is 3.52. The summed E-state index contributed by atoms with van der Waals surface area (Å²) in [5.74, 6) is 0.818. The Morgan fingerprint density at radius 3 is 2.46 bits per heavy atom. The third kappa shape index (κ3) is 6.70. The summed E-state index contributed by atoms with van der Waals surface area (Å²) >= 11 is 3.64. The van der Waals surface area contributed by atoms with Crippen LogP contribution in [0.5, 0.6) is 11.5 Å². The minimum absolute atomic E-state index is 0.123. The third-order valence-corrected chi connectivity index (χ3v) is 7.15. The lowest BCUT2D eigenvalue weighted by molar-refractivity contribution is -0.116. The Balaban J connectivity index is 1.48. The van der Waals surface area contributed by atoms with Gasteiger partial charge >= 0.3 is 0 Å². The van der Waals surface area contributed by atoms with Gasteiger partial charge in [0.05, 0.1) is 15.1 Å². The predicted octanol–water partition coefficient (Wildman–Crippen LogP) is 6.57. The number of carbonyl (C=O) groups excluding carboxylic acids is 1. The Morgan fingerprint density at radius 2 is 1.77 bits per heavy atom. The third-order valence-electron chi connectivity index (χ3n) is 5.32. The fourth-order valence-corrected chi connectivity index (χ4v) is 5.28. The van der Waals surface area contributed by atoms with Crippen molar-refractivity contribution in [2.45, 2.75) is 32.4 Å². The number of anilines is 1. The van der Waals surface area contributed by atoms with Crippen LogP contribution < -0.4 is 20.1 Å². The summed E-state index contributed by atoms with van der Waals surface area (Å²) in [6, 6.07) is 18.2. The molecule has 3 aromatic carbocycles. The minimum Gasteiger partial charge on any atom is -0.490 e. The zero-order valence-corrected chi connectivity index (χ0v) is 22.4. The van der Waals surface area contributed by atoms with Crippen LogP contribution in [-0.2, 0) is 17.8 Å². The zero-order valence-electron chi connectivity index (χ0n) is 19.4. The van der Waals surface area contributed by atoms with Crippen molar-refractivity contribution in [1.82, 2.24) is 5.32 Å². The van der Waals surface area contributed by atoms with Crippen LogP contribution in [0.3, 0.4) is 0 Å². The quantitative estimate of drug-likeness (QED) is 0.214. The number of nitrogens with one attached hydrogen (secondary N) is 2. The number of benzene rings is 3. The second kappa shape index (κ2) is 11.8. The summed E-state index contributed by atoms with van der Waals surface area (Å²) in [7, 11) is 0. The van der Waals surface area contributed by atoms with E-state index in [0.29, 0.717) is 29.6 Å². The van der Waals surface area contributed by atoms with Crippen LogP contribution in [0.1, 0.15) is 30.5 Å². The molecule has 0 bridgehead atoms. The molecule has 2 N–H and O–H groups in total. The molecular formula is C27H26FIN2O3S. The molecule has 4 rings (SSSR count). The number of ether oxygens (including phenoxy) is 2. The van der Waals surface area contributed by atoms with E-state index in [-0.39, 0.29) is 17.2 Å². The van der Waals surface area contributed by atoms with Gasteiger partial charge in [-0.05, 0) is 95.1 Å². The Hall–Kier alpha value is -2.72. The molecule has 0 spiro atoms. The van der Waals surface area contributed by atoms with Gasteiger partial charge in [0.2, 0.25) is 0 Å². The van der Waals surface area contributed by atoms with Gasteiger partial charge in [0.15, 0.2) is 17.0 Å². The van der Waals surface area contributed by atoms with Crippen LogP contribution in [-0.4, -0.2) is 18.0 Å². The number of hydrogen-bond acceptors (Lipinski definition) is 5. The van der Waals surface area contributed by atoms with Crippen LogP contribution in [0.2, 0.25) is 0 Å². The van der Waals surface area contributed by atoms with Crippen LogP contribution in [0.25, 0.3) is 6.08 Å². The molecule has 0 radical (unpaired) electrons. The molecule has 1 heterocycles. The molecule has 35 heavy (non-hydrogen) atoms. The van der Waals surface area contributed by atoms with Crippen molar-refractivity contribution in [2.75, 3.05) is 11.9 Å². The van der Waals surface area contributed by atoms with Gasteiger partial charge in [0.1, 0.15) is 12.4 Å². The first-order valence-electron chi connectivity index (χ1n) is 11.3. The van der Waals surface area contributed by atoms with E-state index in [4.69, 9.17) is 9.47 Å². The molecule has 182 valence electrons. The molecule has 0 aliphatic carbocycles. The summed E-state index contributed by atoms with van der Waals surface area (Å²) in [5, 5.41) is 6.32. The first-order valence-corrected chi connectivity index (χ1v) is 13.3. The molecule has 1 aliphatic heterocycles. The molecule has 5 nitrogen and oxygen atoms in total. The van der Waals surface area contributed by atoms with E-state index in [0.717, 1.165) is 26.8 Å². The lowest BCUT2D eigenvalue weighted by Gasteiger charge is -2.15. The topological polar surface area (TPSA) is 59.6 Å². The molecule has 0 saturated carbocycles. The maximum absolute atomic E-state index is 13.2. The van der Waals surface area contributed by atoms with Gasteiger partial charge < -0.3 is 20.1 Å². The maximum Gasteiger partial charge on any atom is 0.260 e. The number of thioether (sulfide) groups is 1. The number of amides is 1. The molecule has 1 fully saturated rings. The van der Waals surface area contributed by atoms with Gasteiger partial charge in [0, 0.05) is 5.69 Å². The molecule has 0 aromatic heterocycles. The normalized spacial score (nSPS) is 16.3. The van der Waals surface area contributed by atoms with Gasteiger partial charge in [-0.3, -0.25) is 4.79 Å². The Kier molecular flexibility index (Phi) is 8.56. The number of halogens is 2. The molecule has 3 aromatic rings. The van der Waals surface area contributed by atoms with Crippen molar-refractivity contribution in [2.24, 2.45) is 0 Å². The average Bonchev–Trinajstić information content (AvgIpc) is 3.18. The molecule has 1 saturated heterocycles. The van der Waals surface area contributed by atoms with E-state index in [1.54, 1.807) is 12.1 Å². The van der Waals surface area contributed by atoms with Crippen LogP contribution in [0.15, 0.2) is 65.6 Å². The highest BCUT2D eigenvalue weighted by atomic mass is 127. The van der Waals surface area contributed by atoms with Crippen molar-refractivity contribution in [3.8, 4) is 11.5 Å². The highest BCUT2D eigenvalue weighted by Gasteiger charge is 2.27. The summed E-state index contributed by atoms with van der Waals surface area (Å²) in [6.45, 7) is 4.79. The van der Waals surface area contributed by atoms with Gasteiger partial charge in [-0.2, -0.15) is 0 Å². The minimum atomic E-state index is -0.281. The van der Waals surface area contributed by atoms with Crippen molar-refractivity contribution in [3.05, 3.63) is 91.6 Å². The van der Waals surface area contributed by atoms with E-state index in [9.17, 15) is 9.18 Å². The molecule has 1 aliphatic rings. The van der Waals surface area contributed by atoms with Gasteiger partial charge in [-0.25, -0.2) is 4.39 Å². The SMILES string of the molecule is CCOc1cc(/C=C2\S[C@H](Nc3ccc(CC)cc3)NC2=O)cc(I)c1OCc1ccc(F)cc1. The van der Waals surface area contributed by atoms with E-state index in [2.05, 4.69) is 52.3 Å². The number of hydrogen-bond donors (Lipinski definition) is 2. The predicted molar refractivity (Wildman–Crippen MR) is 148 cm³/mol. The van der Waals surface area contributed by atoms with Crippen molar-refractivity contribution in [3.63, 3.8) is 0 Å². The van der Waals surface area contributed by atoms with Crippen LogP contribution in [0, 0.1) is 9.39 Å². The average molecular weight is 604 g/mol. The van der Waals surface area contributed by atoms with E-state index in [1.165, 1.54) is 29.5 Å². The molecule has 1 atom stereocenters. The van der Waals surface area contributed by atoms with Crippen molar-refractivity contribution in [1.29, 1.82) is 0 Å². The van der Waals surface area contributed by atoms with Crippen LogP contribution in [0.4, 0.5) is 10.1 Å². The number of rotatable bonds is 9. The molecule has 8 heteroatoms. The number of carbonyl (C=O) groups is 1. The second-order valence-corrected chi connectivity index (χ2v) is 10.2. The monoisotopic (exact) mass is 604 g/mol. The van der Waals surface area contributed by atoms with Gasteiger partial charge in [-0.1, -0.05) is 43.0 Å². The highest BCUT2D eigenvalue weighted by Crippen LogP contribution is 2.37.